The zero-order valence-electron chi connectivity index (χ0n) is 12.4. The molecule has 0 N–H and O–H groups in total. The van der Waals surface area contributed by atoms with E-state index in [1.54, 1.807) is 0 Å². The van der Waals surface area contributed by atoms with E-state index in [-0.39, 0.29) is 0 Å². The summed E-state index contributed by atoms with van der Waals surface area (Å²) in [6, 6.07) is 0.638. The predicted molar refractivity (Wildman–Crippen MR) is 78.2 cm³/mol. The summed E-state index contributed by atoms with van der Waals surface area (Å²) in [6.45, 7) is 8.31. The fraction of sp³-hybridized carbons (Fsp3) is 0.812. The molecule has 106 valence electrons. The van der Waals surface area contributed by atoms with Gasteiger partial charge in [-0.05, 0) is 38.1 Å². The van der Waals surface area contributed by atoms with Gasteiger partial charge in [0.2, 0.25) is 0 Å². The maximum atomic E-state index is 4.43. The van der Waals surface area contributed by atoms with E-state index < -0.39 is 0 Å². The second-order valence-electron chi connectivity index (χ2n) is 6.63. The molecule has 3 heteroatoms. The van der Waals surface area contributed by atoms with Crippen LogP contribution in [0.1, 0.15) is 51.8 Å². The Kier molecular flexibility index (Phi) is 3.66. The van der Waals surface area contributed by atoms with E-state index in [9.17, 15) is 0 Å². The summed E-state index contributed by atoms with van der Waals surface area (Å²) < 4.78 is 2.34. The maximum absolute atomic E-state index is 4.43. The fourth-order valence-corrected chi connectivity index (χ4v) is 4.10. The topological polar surface area (TPSA) is 21.1 Å². The highest BCUT2D eigenvalue weighted by Crippen LogP contribution is 2.45. The van der Waals surface area contributed by atoms with Crippen LogP contribution in [0.5, 0.6) is 0 Å². The first-order valence-corrected chi connectivity index (χ1v) is 7.96. The van der Waals surface area contributed by atoms with Gasteiger partial charge < -0.3 is 4.57 Å². The standard InChI is InChI=1S/C16H27N3/c1-3-15-17-9-11-18(15)12-14(2)19-10-8-16(13-19)6-4-5-7-16/h9,11,14H,3-8,10,12-13H2,1-2H3. The lowest BCUT2D eigenvalue weighted by Crippen LogP contribution is -2.36. The van der Waals surface area contributed by atoms with Crippen molar-refractivity contribution < 1.29 is 0 Å². The second kappa shape index (κ2) is 5.28. The van der Waals surface area contributed by atoms with Crippen molar-refractivity contribution in [1.29, 1.82) is 0 Å². The summed E-state index contributed by atoms with van der Waals surface area (Å²) in [4.78, 5) is 7.14. The summed E-state index contributed by atoms with van der Waals surface area (Å²) in [5.41, 5.74) is 0.691. The molecular weight excluding hydrogens is 234 g/mol. The summed E-state index contributed by atoms with van der Waals surface area (Å²) in [5, 5.41) is 0. The van der Waals surface area contributed by atoms with Crippen molar-refractivity contribution in [3.8, 4) is 0 Å². The molecule has 1 aromatic heterocycles. The van der Waals surface area contributed by atoms with Crippen molar-refractivity contribution in [2.45, 2.75) is 65.0 Å². The van der Waals surface area contributed by atoms with E-state index >= 15 is 0 Å². The zero-order chi connectivity index (χ0) is 13.3. The molecule has 1 aliphatic carbocycles. The highest BCUT2D eigenvalue weighted by atomic mass is 15.2. The molecule has 2 aliphatic rings. The van der Waals surface area contributed by atoms with Gasteiger partial charge in [0.25, 0.3) is 0 Å². The molecule has 3 rings (SSSR count). The summed E-state index contributed by atoms with van der Waals surface area (Å²) in [7, 11) is 0. The molecule has 19 heavy (non-hydrogen) atoms. The van der Waals surface area contributed by atoms with Gasteiger partial charge in [-0.3, -0.25) is 4.90 Å². The molecule has 1 aliphatic heterocycles. The summed E-state index contributed by atoms with van der Waals surface area (Å²) in [6.07, 6.45) is 12.4. The third-order valence-electron chi connectivity index (χ3n) is 5.33. The molecule has 1 saturated heterocycles. The predicted octanol–water partition coefficient (Wildman–Crippen LogP) is 3.10. The van der Waals surface area contributed by atoms with Crippen molar-refractivity contribution in [1.82, 2.24) is 14.5 Å². The Hall–Kier alpha value is -0.830. The van der Waals surface area contributed by atoms with Gasteiger partial charge in [0.15, 0.2) is 0 Å². The van der Waals surface area contributed by atoms with E-state index in [2.05, 4.69) is 34.5 Å². The normalized spacial score (nSPS) is 24.3. The molecule has 1 atom stereocenters. The quantitative estimate of drug-likeness (QED) is 0.830. The first-order chi connectivity index (χ1) is 9.22. The molecule has 2 heterocycles. The largest absolute Gasteiger partial charge is 0.333 e. The van der Waals surface area contributed by atoms with E-state index in [4.69, 9.17) is 0 Å². The van der Waals surface area contributed by atoms with Gasteiger partial charge in [0.1, 0.15) is 5.82 Å². The molecule has 1 aromatic rings. The van der Waals surface area contributed by atoms with Gasteiger partial charge in [-0.15, -0.1) is 0 Å². The van der Waals surface area contributed by atoms with Crippen LogP contribution in [0.3, 0.4) is 0 Å². The van der Waals surface area contributed by atoms with Crippen LogP contribution < -0.4 is 0 Å². The smallest absolute Gasteiger partial charge is 0.108 e. The van der Waals surface area contributed by atoms with Gasteiger partial charge in [0, 0.05) is 37.9 Å². The van der Waals surface area contributed by atoms with Gasteiger partial charge in [-0.2, -0.15) is 0 Å². The average Bonchev–Trinajstić information content (AvgIpc) is 3.13. The molecule has 1 unspecified atom stereocenters. The molecule has 0 radical (unpaired) electrons. The van der Waals surface area contributed by atoms with Crippen LogP contribution in [0.15, 0.2) is 12.4 Å². The summed E-state index contributed by atoms with van der Waals surface area (Å²) >= 11 is 0. The Balaban J connectivity index is 1.61. The number of hydrogen-bond acceptors (Lipinski definition) is 2. The minimum atomic E-state index is 0.638. The first kappa shape index (κ1) is 13.2. The zero-order valence-corrected chi connectivity index (χ0v) is 12.4. The number of hydrogen-bond donors (Lipinski definition) is 0. The molecule has 1 saturated carbocycles. The monoisotopic (exact) mass is 261 g/mol. The van der Waals surface area contributed by atoms with Crippen molar-refractivity contribution in [3.63, 3.8) is 0 Å². The van der Waals surface area contributed by atoms with Crippen LogP contribution in [0, 0.1) is 5.41 Å². The molecule has 1 spiro atoms. The van der Waals surface area contributed by atoms with Crippen molar-refractivity contribution in [2.24, 2.45) is 5.41 Å². The minimum Gasteiger partial charge on any atom is -0.333 e. The molecule has 0 amide bonds. The Labute approximate surface area is 117 Å². The Morgan fingerprint density at radius 1 is 1.32 bits per heavy atom. The van der Waals surface area contributed by atoms with Crippen LogP contribution >= 0.6 is 0 Å². The van der Waals surface area contributed by atoms with Crippen LogP contribution in [-0.4, -0.2) is 33.6 Å². The van der Waals surface area contributed by atoms with Crippen molar-refractivity contribution >= 4 is 0 Å². The Bertz CT molecular complexity index is 417. The second-order valence-corrected chi connectivity index (χ2v) is 6.63. The number of rotatable bonds is 4. The van der Waals surface area contributed by atoms with Crippen LogP contribution in [-0.2, 0) is 13.0 Å². The highest BCUT2D eigenvalue weighted by Gasteiger charge is 2.41. The van der Waals surface area contributed by atoms with E-state index in [0.29, 0.717) is 11.5 Å². The number of likely N-dealkylation sites (tertiary alicyclic amines) is 1. The highest BCUT2D eigenvalue weighted by molar-refractivity contribution is 4.96. The first-order valence-electron chi connectivity index (χ1n) is 7.96. The third kappa shape index (κ3) is 2.58. The van der Waals surface area contributed by atoms with Gasteiger partial charge in [-0.1, -0.05) is 19.8 Å². The average molecular weight is 261 g/mol. The number of aryl methyl sites for hydroxylation is 1. The van der Waals surface area contributed by atoms with Crippen LogP contribution in [0.2, 0.25) is 0 Å². The van der Waals surface area contributed by atoms with Gasteiger partial charge >= 0.3 is 0 Å². The Morgan fingerprint density at radius 2 is 2.11 bits per heavy atom. The number of aromatic nitrogens is 2. The third-order valence-corrected chi connectivity index (χ3v) is 5.33. The van der Waals surface area contributed by atoms with Crippen LogP contribution in [0.4, 0.5) is 0 Å². The fourth-order valence-electron chi connectivity index (χ4n) is 4.10. The molecule has 0 bridgehead atoms. The minimum absolute atomic E-state index is 0.638. The molecule has 3 nitrogen and oxygen atoms in total. The molecule has 0 aromatic carbocycles. The van der Waals surface area contributed by atoms with Crippen molar-refractivity contribution in [3.05, 3.63) is 18.2 Å². The Morgan fingerprint density at radius 3 is 2.84 bits per heavy atom. The van der Waals surface area contributed by atoms with E-state index in [1.165, 1.54) is 51.0 Å². The lowest BCUT2D eigenvalue weighted by molar-refractivity contribution is 0.198. The van der Waals surface area contributed by atoms with E-state index in [1.807, 2.05) is 6.20 Å². The number of nitrogens with zero attached hydrogens (tertiary/aromatic N) is 3. The SMILES string of the molecule is CCc1nccn1CC(C)N1CCC2(CCCC2)C1. The lowest BCUT2D eigenvalue weighted by Gasteiger charge is -2.28. The maximum Gasteiger partial charge on any atom is 0.108 e. The van der Waals surface area contributed by atoms with Crippen molar-refractivity contribution in [2.75, 3.05) is 13.1 Å². The lowest BCUT2D eigenvalue weighted by atomic mass is 9.86. The number of imidazole rings is 1. The van der Waals surface area contributed by atoms with Gasteiger partial charge in [0.05, 0.1) is 0 Å². The van der Waals surface area contributed by atoms with Gasteiger partial charge in [-0.25, -0.2) is 4.98 Å². The summed E-state index contributed by atoms with van der Waals surface area (Å²) in [5.74, 6) is 1.22. The van der Waals surface area contributed by atoms with Crippen LogP contribution in [0.25, 0.3) is 0 Å². The molecule has 2 fully saturated rings. The molecular formula is C16H27N3. The van der Waals surface area contributed by atoms with E-state index in [0.717, 1.165) is 13.0 Å².